The normalized spacial score (nSPS) is 10.9. The second-order valence-corrected chi connectivity index (χ2v) is 7.84. The maximum atomic E-state index is 12.2. The van der Waals surface area contributed by atoms with Gasteiger partial charge in [0.25, 0.3) is 5.56 Å². The summed E-state index contributed by atoms with van der Waals surface area (Å²) in [6.45, 7) is 3.72. The number of aromatic nitrogens is 2. The van der Waals surface area contributed by atoms with Crippen LogP contribution in [0.25, 0.3) is 5.65 Å². The Morgan fingerprint density at radius 3 is 2.60 bits per heavy atom. The summed E-state index contributed by atoms with van der Waals surface area (Å²) in [5.74, 6) is 1.19. The quantitative estimate of drug-likeness (QED) is 0.451. The molecule has 7 nitrogen and oxygen atoms in total. The molecule has 0 saturated heterocycles. The third-order valence-electron chi connectivity index (χ3n) is 4.42. The number of amides is 2. The Hall–Kier alpha value is -3.52. The van der Waals surface area contributed by atoms with Crippen LogP contribution in [-0.2, 0) is 5.75 Å². The number of rotatable bonds is 5. The zero-order valence-electron chi connectivity index (χ0n) is 16.5. The summed E-state index contributed by atoms with van der Waals surface area (Å²) in [4.78, 5) is 29.8. The lowest BCUT2D eigenvalue weighted by Crippen LogP contribution is -2.19. The Balaban J connectivity index is 1.36. The number of para-hydroxylation sites is 1. The maximum absolute atomic E-state index is 12.2. The predicted octanol–water partition coefficient (Wildman–Crippen LogP) is 4.84. The molecule has 2 heterocycles. The Morgan fingerprint density at radius 2 is 1.83 bits per heavy atom. The number of carbonyl (C=O) groups excluding carboxylic acids is 1. The Morgan fingerprint density at radius 1 is 1.07 bits per heavy atom. The minimum absolute atomic E-state index is 0.233. The number of urea groups is 1. The number of aryl methyl sites for hydroxylation is 2. The Labute approximate surface area is 177 Å². The van der Waals surface area contributed by atoms with Crippen LogP contribution >= 0.6 is 11.8 Å². The van der Waals surface area contributed by atoms with Crippen molar-refractivity contribution in [2.45, 2.75) is 24.5 Å². The fourth-order valence-electron chi connectivity index (χ4n) is 2.94. The average Bonchev–Trinajstić information content (AvgIpc) is 3.10. The summed E-state index contributed by atoms with van der Waals surface area (Å²) in [5.41, 5.74) is 3.42. The van der Waals surface area contributed by atoms with E-state index >= 15 is 0 Å². The van der Waals surface area contributed by atoms with Gasteiger partial charge in [0.15, 0.2) is 5.65 Å². The minimum atomic E-state index is -0.293. The van der Waals surface area contributed by atoms with Crippen molar-refractivity contribution in [3.63, 3.8) is 0 Å². The van der Waals surface area contributed by atoms with E-state index in [4.69, 9.17) is 4.52 Å². The van der Waals surface area contributed by atoms with Crippen LogP contribution in [0.4, 0.5) is 16.2 Å². The molecule has 0 aliphatic heterocycles. The molecule has 2 amide bonds. The molecule has 0 saturated carbocycles. The van der Waals surface area contributed by atoms with Gasteiger partial charge in [-0.25, -0.2) is 9.78 Å². The molecule has 0 aliphatic rings. The van der Waals surface area contributed by atoms with Crippen LogP contribution in [-0.4, -0.2) is 15.6 Å². The van der Waals surface area contributed by atoms with Gasteiger partial charge in [0.1, 0.15) is 5.76 Å². The largest absolute Gasteiger partial charge is 0.375 e. The van der Waals surface area contributed by atoms with E-state index in [0.717, 1.165) is 16.1 Å². The molecule has 0 atom stereocenters. The zero-order chi connectivity index (χ0) is 21.1. The van der Waals surface area contributed by atoms with Gasteiger partial charge in [0.05, 0.1) is 5.69 Å². The van der Waals surface area contributed by atoms with Crippen molar-refractivity contribution >= 4 is 34.8 Å². The Bertz CT molecular complexity index is 1260. The van der Waals surface area contributed by atoms with E-state index in [9.17, 15) is 9.59 Å². The summed E-state index contributed by atoms with van der Waals surface area (Å²) < 4.78 is 6.49. The first-order valence-electron chi connectivity index (χ1n) is 9.34. The molecule has 0 aliphatic carbocycles. The van der Waals surface area contributed by atoms with Crippen molar-refractivity contribution in [1.29, 1.82) is 0 Å². The summed E-state index contributed by atoms with van der Waals surface area (Å²) in [6, 6.07) is 18.0. The van der Waals surface area contributed by atoms with Crippen LogP contribution in [0.3, 0.4) is 0 Å². The van der Waals surface area contributed by atoms with Crippen molar-refractivity contribution in [2.24, 2.45) is 0 Å². The first-order chi connectivity index (χ1) is 14.5. The molecule has 0 radical (unpaired) electrons. The summed E-state index contributed by atoms with van der Waals surface area (Å²) >= 11 is 1.56. The Kier molecular flexibility index (Phi) is 5.58. The smallest absolute Gasteiger partial charge is 0.323 e. The molecule has 0 bridgehead atoms. The van der Waals surface area contributed by atoms with E-state index in [1.165, 1.54) is 10.6 Å². The van der Waals surface area contributed by atoms with E-state index in [0.29, 0.717) is 28.5 Å². The zero-order valence-corrected chi connectivity index (χ0v) is 17.3. The van der Waals surface area contributed by atoms with Gasteiger partial charge in [0, 0.05) is 34.2 Å². The van der Waals surface area contributed by atoms with Gasteiger partial charge in [-0.05, 0) is 49.7 Å². The highest BCUT2D eigenvalue weighted by atomic mass is 32.2. The average molecular weight is 420 g/mol. The number of hydrogen-bond donors (Lipinski definition) is 2. The molecule has 2 N–H and O–H groups in total. The van der Waals surface area contributed by atoms with Crippen molar-refractivity contribution in [1.82, 2.24) is 9.56 Å². The number of carbonyl (C=O) groups is 1. The van der Waals surface area contributed by atoms with Crippen molar-refractivity contribution < 1.29 is 9.32 Å². The van der Waals surface area contributed by atoms with Crippen LogP contribution in [0.1, 0.15) is 17.0 Å². The van der Waals surface area contributed by atoms with E-state index < -0.39 is 0 Å². The van der Waals surface area contributed by atoms with E-state index in [2.05, 4.69) is 15.6 Å². The van der Waals surface area contributed by atoms with Crippen LogP contribution < -0.4 is 16.2 Å². The number of anilines is 2. The van der Waals surface area contributed by atoms with Gasteiger partial charge in [-0.3, -0.25) is 4.79 Å². The van der Waals surface area contributed by atoms with Crippen LogP contribution in [0.5, 0.6) is 0 Å². The van der Waals surface area contributed by atoms with E-state index in [1.807, 2.05) is 55.5 Å². The molecule has 0 fully saturated rings. The lowest BCUT2D eigenvalue weighted by molar-refractivity contribution is 0.262. The first-order valence-corrected chi connectivity index (χ1v) is 10.3. The fraction of sp³-hybridized carbons (Fsp3) is 0.136. The van der Waals surface area contributed by atoms with Gasteiger partial charge in [-0.2, -0.15) is 0 Å². The topological polar surface area (TPSA) is 88.6 Å². The fourth-order valence-corrected chi connectivity index (χ4v) is 3.73. The molecule has 0 unspecified atom stereocenters. The number of nitrogens with one attached hydrogen (secondary N) is 2. The standard InChI is InChI=1S/C22H20N4O3S/c1-14-5-3-4-6-19(14)25-22(28)24-16-7-9-18(10-8-16)30-13-17-12-21(27)26-20(23-17)11-15(2)29-26/h3-12H,13H2,1-2H3,(H2,24,25,28). The van der Waals surface area contributed by atoms with Crippen LogP contribution in [0.15, 0.2) is 74.9 Å². The van der Waals surface area contributed by atoms with Crippen molar-refractivity contribution in [3.8, 4) is 0 Å². The summed E-state index contributed by atoms with van der Waals surface area (Å²) in [7, 11) is 0. The minimum Gasteiger partial charge on any atom is -0.375 e. The molecule has 2 aromatic carbocycles. The lowest BCUT2D eigenvalue weighted by Gasteiger charge is -2.10. The van der Waals surface area contributed by atoms with Crippen molar-refractivity contribution in [3.05, 3.63) is 88.0 Å². The third-order valence-corrected chi connectivity index (χ3v) is 5.46. The number of thioether (sulfide) groups is 1. The van der Waals surface area contributed by atoms with Gasteiger partial charge < -0.3 is 15.2 Å². The second-order valence-electron chi connectivity index (χ2n) is 6.79. The molecular weight excluding hydrogens is 400 g/mol. The monoisotopic (exact) mass is 420 g/mol. The van der Waals surface area contributed by atoms with Crippen molar-refractivity contribution in [2.75, 3.05) is 10.6 Å². The second kappa shape index (κ2) is 8.46. The molecule has 0 spiro atoms. The highest BCUT2D eigenvalue weighted by molar-refractivity contribution is 7.98. The SMILES string of the molecule is Cc1cc2nc(CSc3ccc(NC(=O)Nc4ccccc4C)cc3)cc(=O)n2o1. The summed E-state index contributed by atoms with van der Waals surface area (Å²) in [6.07, 6.45) is 0. The molecule has 2 aromatic heterocycles. The van der Waals surface area contributed by atoms with Crippen LogP contribution in [0.2, 0.25) is 0 Å². The molecule has 30 heavy (non-hydrogen) atoms. The van der Waals surface area contributed by atoms with Gasteiger partial charge in [-0.15, -0.1) is 16.3 Å². The first kappa shape index (κ1) is 19.8. The number of hydrogen-bond acceptors (Lipinski definition) is 5. The molecular formula is C22H20N4O3S. The van der Waals surface area contributed by atoms with E-state index in [-0.39, 0.29) is 11.6 Å². The summed E-state index contributed by atoms with van der Waals surface area (Å²) in [5, 5.41) is 5.66. The highest BCUT2D eigenvalue weighted by Crippen LogP contribution is 2.24. The van der Waals surface area contributed by atoms with Gasteiger partial charge in [-0.1, -0.05) is 18.2 Å². The molecule has 8 heteroatoms. The van der Waals surface area contributed by atoms with Crippen LogP contribution in [0, 0.1) is 13.8 Å². The number of nitrogens with zero attached hydrogens (tertiary/aromatic N) is 2. The maximum Gasteiger partial charge on any atom is 0.323 e. The molecule has 4 rings (SSSR count). The van der Waals surface area contributed by atoms with Gasteiger partial charge >= 0.3 is 6.03 Å². The number of fused-ring (bicyclic) bond motifs is 1. The molecule has 152 valence electrons. The number of benzene rings is 2. The van der Waals surface area contributed by atoms with E-state index in [1.54, 1.807) is 24.8 Å². The highest BCUT2D eigenvalue weighted by Gasteiger charge is 2.08. The van der Waals surface area contributed by atoms with Gasteiger partial charge in [0.2, 0.25) is 0 Å². The lowest BCUT2D eigenvalue weighted by atomic mass is 10.2. The predicted molar refractivity (Wildman–Crippen MR) is 118 cm³/mol. The third kappa shape index (κ3) is 4.55. The molecule has 4 aromatic rings.